The second-order valence-electron chi connectivity index (χ2n) is 17.8. The van der Waals surface area contributed by atoms with Crippen LogP contribution in [0.25, 0.3) is 0 Å². The minimum absolute atomic E-state index is 0.0839. The van der Waals surface area contributed by atoms with Crippen molar-refractivity contribution < 1.29 is 0 Å². The molecular formula is C44H41B2N. The van der Waals surface area contributed by atoms with Crippen molar-refractivity contribution in [2.75, 3.05) is 4.90 Å². The van der Waals surface area contributed by atoms with Crippen molar-refractivity contribution in [3.8, 4) is 0 Å². The van der Waals surface area contributed by atoms with Gasteiger partial charge < -0.3 is 4.90 Å². The van der Waals surface area contributed by atoms with Gasteiger partial charge in [-0.1, -0.05) is 121 Å². The highest BCUT2D eigenvalue weighted by atomic mass is 15.2. The molecule has 0 bridgehead atoms. The standard InChI is InChI=1S/C44H41B2N/c1-22-17-19-30-38-32(22)43(7,8)26-15-11-13-24-34(26)45(38)36-28(41(24,3)4)21-29-37-40(36)47(30)31-20-18-23(2)33-39(31)46(37)35-25(42(29,5)6)14-12-16-27(35)44(33,9)10/h11-21H,1-10H3. The monoisotopic (exact) mass is 605 g/mol. The van der Waals surface area contributed by atoms with Crippen LogP contribution < -0.4 is 37.7 Å². The van der Waals surface area contributed by atoms with E-state index in [4.69, 9.17) is 0 Å². The Morgan fingerprint density at radius 2 is 0.809 bits per heavy atom. The van der Waals surface area contributed by atoms with Crippen molar-refractivity contribution in [1.82, 2.24) is 0 Å². The lowest BCUT2D eigenvalue weighted by Gasteiger charge is -2.57. The minimum Gasteiger partial charge on any atom is -0.312 e. The van der Waals surface area contributed by atoms with Crippen LogP contribution in [0.4, 0.5) is 17.1 Å². The van der Waals surface area contributed by atoms with Crippen LogP contribution >= 0.6 is 0 Å². The molecule has 5 aromatic carbocycles. The smallest absolute Gasteiger partial charge is 0.248 e. The van der Waals surface area contributed by atoms with E-state index in [0.29, 0.717) is 0 Å². The van der Waals surface area contributed by atoms with Gasteiger partial charge in [0.25, 0.3) is 0 Å². The summed E-state index contributed by atoms with van der Waals surface area (Å²) >= 11 is 0. The Kier molecular flexibility index (Phi) is 4.32. The molecule has 6 aliphatic heterocycles. The quantitative estimate of drug-likeness (QED) is 0.192. The first-order chi connectivity index (χ1) is 22.2. The third kappa shape index (κ3) is 2.57. The van der Waals surface area contributed by atoms with Gasteiger partial charge in [-0.25, -0.2) is 0 Å². The largest absolute Gasteiger partial charge is 0.312 e. The maximum absolute atomic E-state index is 2.78. The number of nitrogens with zero attached hydrogens (tertiary/aromatic N) is 1. The molecule has 5 aromatic rings. The van der Waals surface area contributed by atoms with E-state index in [-0.39, 0.29) is 35.1 Å². The van der Waals surface area contributed by atoms with Crippen LogP contribution in [0.1, 0.15) is 111 Å². The van der Waals surface area contributed by atoms with Gasteiger partial charge in [0.15, 0.2) is 0 Å². The van der Waals surface area contributed by atoms with E-state index in [1.165, 1.54) is 72.7 Å². The van der Waals surface area contributed by atoms with Gasteiger partial charge in [0, 0.05) is 38.7 Å². The van der Waals surface area contributed by atoms with Gasteiger partial charge in [0.2, 0.25) is 13.4 Å². The van der Waals surface area contributed by atoms with E-state index in [1.54, 1.807) is 32.8 Å². The van der Waals surface area contributed by atoms with Crippen molar-refractivity contribution in [1.29, 1.82) is 0 Å². The average molecular weight is 605 g/mol. The van der Waals surface area contributed by atoms with E-state index in [2.05, 4.69) is 141 Å². The zero-order chi connectivity index (χ0) is 32.5. The van der Waals surface area contributed by atoms with Gasteiger partial charge in [-0.2, -0.15) is 0 Å². The molecule has 1 nitrogen and oxygen atoms in total. The highest BCUT2D eigenvalue weighted by Gasteiger charge is 2.59. The number of hydrogen-bond acceptors (Lipinski definition) is 1. The van der Waals surface area contributed by atoms with E-state index in [1.807, 2.05) is 0 Å². The summed E-state index contributed by atoms with van der Waals surface area (Å²) in [7, 11) is 0. The molecule has 0 aromatic heterocycles. The molecule has 47 heavy (non-hydrogen) atoms. The fraction of sp³-hybridized carbons (Fsp3) is 0.318. The highest BCUT2D eigenvalue weighted by molar-refractivity contribution is 7.04. The van der Waals surface area contributed by atoms with Crippen LogP contribution in [0.2, 0.25) is 0 Å². The number of anilines is 3. The van der Waals surface area contributed by atoms with Crippen LogP contribution in [0.3, 0.4) is 0 Å². The summed E-state index contributed by atoms with van der Waals surface area (Å²) in [5.74, 6) is 0. The van der Waals surface area contributed by atoms with Crippen LogP contribution in [0.15, 0.2) is 66.7 Å². The molecule has 0 aliphatic carbocycles. The van der Waals surface area contributed by atoms with Gasteiger partial charge in [0.1, 0.15) is 0 Å². The number of fused-ring (bicyclic) bond motifs is 2. The fourth-order valence-corrected chi connectivity index (χ4v) is 12.4. The number of hydrogen-bond donors (Lipinski definition) is 0. The Balaban J connectivity index is 1.41. The highest BCUT2D eigenvalue weighted by Crippen LogP contribution is 2.53. The van der Waals surface area contributed by atoms with Crippen molar-refractivity contribution in [2.24, 2.45) is 0 Å². The topological polar surface area (TPSA) is 3.24 Å². The summed E-state index contributed by atoms with van der Waals surface area (Å²) in [6.07, 6.45) is 0. The molecule has 6 heterocycles. The van der Waals surface area contributed by atoms with E-state index >= 15 is 0 Å². The molecule has 0 fully saturated rings. The van der Waals surface area contributed by atoms with Crippen molar-refractivity contribution in [3.05, 3.63) is 122 Å². The molecule has 228 valence electrons. The third-order valence-electron chi connectivity index (χ3n) is 14.2. The lowest BCUT2D eigenvalue weighted by molar-refractivity contribution is 0.606. The van der Waals surface area contributed by atoms with Crippen molar-refractivity contribution in [3.63, 3.8) is 0 Å². The summed E-state index contributed by atoms with van der Waals surface area (Å²) in [6.45, 7) is 25.2. The summed E-state index contributed by atoms with van der Waals surface area (Å²) in [6, 6.07) is 27.0. The van der Waals surface area contributed by atoms with E-state index in [0.717, 1.165) is 0 Å². The molecule has 6 aliphatic rings. The lowest BCUT2D eigenvalue weighted by Crippen LogP contribution is -2.75. The Labute approximate surface area is 280 Å². The maximum Gasteiger partial charge on any atom is 0.248 e. The molecule has 0 atom stereocenters. The van der Waals surface area contributed by atoms with Crippen molar-refractivity contribution >= 4 is 63.3 Å². The third-order valence-corrected chi connectivity index (χ3v) is 14.2. The first-order valence-corrected chi connectivity index (χ1v) is 17.8. The van der Waals surface area contributed by atoms with Crippen LogP contribution in [0.5, 0.6) is 0 Å². The number of aryl methyl sites for hydroxylation is 2. The molecule has 0 radical (unpaired) electrons. The lowest BCUT2D eigenvalue weighted by atomic mass is 9.22. The summed E-state index contributed by atoms with van der Waals surface area (Å²) < 4.78 is 0. The Hall–Kier alpha value is -3.97. The van der Waals surface area contributed by atoms with E-state index in [9.17, 15) is 0 Å². The molecule has 0 spiro atoms. The molecule has 11 rings (SSSR count). The second-order valence-corrected chi connectivity index (χ2v) is 17.8. The van der Waals surface area contributed by atoms with Gasteiger partial charge in [0.05, 0.1) is 0 Å². The summed E-state index contributed by atoms with van der Waals surface area (Å²) in [5, 5.41) is 0. The SMILES string of the molecule is Cc1ccc2c3c1C(C)(C)c1cccc4c1B3c1c(cc3c5c1N2c1ccc(C)c2c1B5c1c(cccc1C2(C)C)C3(C)C)C4(C)C. The first-order valence-electron chi connectivity index (χ1n) is 17.8. The predicted molar refractivity (Wildman–Crippen MR) is 201 cm³/mol. The van der Waals surface area contributed by atoms with Gasteiger partial charge in [-0.3, -0.25) is 0 Å². The molecule has 0 unspecified atom stereocenters. The van der Waals surface area contributed by atoms with Gasteiger partial charge >= 0.3 is 0 Å². The van der Waals surface area contributed by atoms with E-state index < -0.39 is 0 Å². The van der Waals surface area contributed by atoms with Crippen LogP contribution in [-0.4, -0.2) is 13.4 Å². The Morgan fingerprint density at radius 3 is 1.21 bits per heavy atom. The van der Waals surface area contributed by atoms with Gasteiger partial charge in [-0.05, 0) is 103 Å². The van der Waals surface area contributed by atoms with Crippen molar-refractivity contribution in [2.45, 2.75) is 90.9 Å². The normalized spacial score (nSPS) is 20.3. The minimum atomic E-state index is -0.116. The molecule has 3 heteroatoms. The average Bonchev–Trinajstić information content (AvgIpc) is 3.02. The number of benzene rings is 5. The predicted octanol–water partition coefficient (Wildman–Crippen LogP) is 5.99. The molecule has 0 saturated carbocycles. The Morgan fingerprint density at radius 1 is 0.426 bits per heavy atom. The zero-order valence-electron chi connectivity index (χ0n) is 29.5. The fourth-order valence-electron chi connectivity index (χ4n) is 12.4. The van der Waals surface area contributed by atoms with Gasteiger partial charge in [-0.15, -0.1) is 0 Å². The summed E-state index contributed by atoms with van der Waals surface area (Å²) in [4.78, 5) is 2.78. The maximum atomic E-state index is 2.78. The summed E-state index contributed by atoms with van der Waals surface area (Å²) in [5.41, 5.74) is 28.4. The molecule has 0 saturated heterocycles. The van der Waals surface area contributed by atoms with Crippen LogP contribution in [-0.2, 0) is 21.7 Å². The first kappa shape index (κ1) is 27.0. The zero-order valence-corrected chi connectivity index (χ0v) is 29.5. The van der Waals surface area contributed by atoms with Crippen LogP contribution in [0, 0.1) is 13.8 Å². The second kappa shape index (κ2) is 7.52. The molecular weight excluding hydrogens is 564 g/mol. The molecule has 0 N–H and O–H groups in total. The molecule has 0 amide bonds. The Bertz CT molecular complexity index is 2240. The number of rotatable bonds is 0.